The number of aryl methyl sites for hydroxylation is 2. The van der Waals surface area contributed by atoms with Crippen LogP contribution in [-0.4, -0.2) is 43.8 Å². The normalized spacial score (nSPS) is 17.0. The summed E-state index contributed by atoms with van der Waals surface area (Å²) < 4.78 is 34.1. The minimum Gasteiger partial charge on any atom is -0.339 e. The second-order valence-corrected chi connectivity index (χ2v) is 7.32. The third-order valence-electron chi connectivity index (χ3n) is 5.24. The topological polar surface area (TPSA) is 77.0 Å². The first-order valence-corrected chi connectivity index (χ1v) is 9.46. The summed E-state index contributed by atoms with van der Waals surface area (Å²) in [7, 11) is 0. The summed E-state index contributed by atoms with van der Waals surface area (Å²) in [6.45, 7) is 6.25. The predicted molar refractivity (Wildman–Crippen MR) is 99.9 cm³/mol. The molecule has 1 aliphatic rings. The van der Waals surface area contributed by atoms with Crippen molar-refractivity contribution in [1.29, 1.82) is 0 Å². The lowest BCUT2D eigenvalue weighted by Crippen LogP contribution is -2.39. The number of aromatic nitrogens is 4. The molecule has 1 saturated heterocycles. The van der Waals surface area contributed by atoms with Crippen LogP contribution in [0.5, 0.6) is 0 Å². The van der Waals surface area contributed by atoms with E-state index in [2.05, 4.69) is 15.2 Å². The van der Waals surface area contributed by atoms with Gasteiger partial charge in [-0.15, -0.1) is 0 Å². The highest BCUT2D eigenvalue weighted by molar-refractivity contribution is 5.96. The van der Waals surface area contributed by atoms with E-state index in [-0.39, 0.29) is 17.5 Å². The van der Waals surface area contributed by atoms with Crippen LogP contribution < -0.4 is 0 Å². The van der Waals surface area contributed by atoms with E-state index in [1.165, 1.54) is 10.7 Å². The Morgan fingerprint density at radius 1 is 1.24 bits per heavy atom. The molecule has 0 aliphatic carbocycles. The van der Waals surface area contributed by atoms with E-state index in [0.717, 1.165) is 25.0 Å². The van der Waals surface area contributed by atoms with E-state index in [1.807, 2.05) is 0 Å². The van der Waals surface area contributed by atoms with Crippen molar-refractivity contribution in [2.45, 2.75) is 39.5 Å². The van der Waals surface area contributed by atoms with Gasteiger partial charge in [-0.05, 0) is 45.7 Å². The van der Waals surface area contributed by atoms with E-state index in [9.17, 15) is 13.6 Å². The fourth-order valence-electron chi connectivity index (χ4n) is 3.84. The van der Waals surface area contributed by atoms with Gasteiger partial charge in [-0.2, -0.15) is 10.1 Å². The lowest BCUT2D eigenvalue weighted by Gasteiger charge is -2.31. The van der Waals surface area contributed by atoms with Gasteiger partial charge in [-0.1, -0.05) is 5.16 Å². The first-order chi connectivity index (χ1) is 13.8. The van der Waals surface area contributed by atoms with Gasteiger partial charge in [0.15, 0.2) is 11.6 Å². The second kappa shape index (κ2) is 7.38. The Morgan fingerprint density at radius 3 is 2.72 bits per heavy atom. The Hall–Kier alpha value is -3.10. The summed E-state index contributed by atoms with van der Waals surface area (Å²) in [6, 6.07) is 3.28. The van der Waals surface area contributed by atoms with Crippen molar-refractivity contribution in [1.82, 2.24) is 24.8 Å². The molecule has 2 aromatic heterocycles. The third-order valence-corrected chi connectivity index (χ3v) is 5.24. The molecule has 0 saturated carbocycles. The lowest BCUT2D eigenvalue weighted by molar-refractivity contribution is 0.0694. The molecular formula is C20H21F2N5O2. The van der Waals surface area contributed by atoms with Gasteiger partial charge in [0.05, 0.1) is 22.9 Å². The highest BCUT2D eigenvalue weighted by Gasteiger charge is 2.31. The standard InChI is InChI=1S/C20H21F2N5O2/c1-11-18(12(2)27(24-11)17-7-6-15(21)9-16(17)22)20(28)26-8-4-5-14(10-26)19-23-13(3)25-29-19/h6-7,9,14H,4-5,8,10H2,1-3H3. The molecule has 1 amide bonds. The van der Waals surface area contributed by atoms with E-state index in [0.29, 0.717) is 41.8 Å². The molecule has 9 heteroatoms. The number of carbonyl (C=O) groups is 1. The number of carbonyl (C=O) groups excluding carboxylic acids is 1. The summed E-state index contributed by atoms with van der Waals surface area (Å²) in [5.41, 5.74) is 1.53. The molecule has 4 rings (SSSR count). The van der Waals surface area contributed by atoms with E-state index in [4.69, 9.17) is 4.52 Å². The monoisotopic (exact) mass is 401 g/mol. The summed E-state index contributed by atoms with van der Waals surface area (Å²) in [5, 5.41) is 8.17. The molecule has 0 spiro atoms. The van der Waals surface area contributed by atoms with Crippen LogP contribution in [0, 0.1) is 32.4 Å². The average Bonchev–Trinajstić information content (AvgIpc) is 3.24. The van der Waals surface area contributed by atoms with Gasteiger partial charge in [-0.25, -0.2) is 13.5 Å². The van der Waals surface area contributed by atoms with Gasteiger partial charge < -0.3 is 9.42 Å². The summed E-state index contributed by atoms with van der Waals surface area (Å²) in [4.78, 5) is 19.3. The van der Waals surface area contributed by atoms with Gasteiger partial charge in [0.25, 0.3) is 5.91 Å². The maximum absolute atomic E-state index is 14.2. The van der Waals surface area contributed by atoms with Crippen LogP contribution in [0.2, 0.25) is 0 Å². The van der Waals surface area contributed by atoms with Gasteiger partial charge >= 0.3 is 0 Å². The molecule has 1 atom stereocenters. The molecule has 29 heavy (non-hydrogen) atoms. The van der Waals surface area contributed by atoms with Crippen molar-refractivity contribution < 1.29 is 18.1 Å². The van der Waals surface area contributed by atoms with E-state index < -0.39 is 11.6 Å². The van der Waals surface area contributed by atoms with E-state index >= 15 is 0 Å². The van der Waals surface area contributed by atoms with Crippen LogP contribution in [0.25, 0.3) is 5.69 Å². The number of halogens is 2. The molecule has 3 aromatic rings. The number of hydrogen-bond donors (Lipinski definition) is 0. The Kier molecular flexibility index (Phi) is 4.89. The van der Waals surface area contributed by atoms with Gasteiger partial charge in [0, 0.05) is 19.2 Å². The summed E-state index contributed by atoms with van der Waals surface area (Å²) >= 11 is 0. The van der Waals surface area contributed by atoms with Crippen LogP contribution in [0.4, 0.5) is 8.78 Å². The van der Waals surface area contributed by atoms with Gasteiger partial charge in [0.1, 0.15) is 11.5 Å². The number of nitrogens with zero attached hydrogens (tertiary/aromatic N) is 5. The van der Waals surface area contributed by atoms with Crippen LogP contribution in [0.1, 0.15) is 52.2 Å². The molecule has 7 nitrogen and oxygen atoms in total. The second-order valence-electron chi connectivity index (χ2n) is 7.32. The SMILES string of the molecule is Cc1noc(C2CCCN(C(=O)c3c(C)nn(-c4ccc(F)cc4F)c3C)C2)n1. The first-order valence-electron chi connectivity index (χ1n) is 9.46. The van der Waals surface area contributed by atoms with Crippen LogP contribution in [0.15, 0.2) is 22.7 Å². The smallest absolute Gasteiger partial charge is 0.257 e. The number of likely N-dealkylation sites (tertiary alicyclic amines) is 1. The largest absolute Gasteiger partial charge is 0.339 e. The number of hydrogen-bond acceptors (Lipinski definition) is 5. The van der Waals surface area contributed by atoms with Crippen molar-refractivity contribution in [3.8, 4) is 5.69 Å². The maximum atomic E-state index is 14.2. The van der Waals surface area contributed by atoms with Gasteiger partial charge in [0.2, 0.25) is 5.89 Å². The molecule has 1 unspecified atom stereocenters. The maximum Gasteiger partial charge on any atom is 0.257 e. The zero-order valence-corrected chi connectivity index (χ0v) is 16.4. The number of rotatable bonds is 3. The molecule has 3 heterocycles. The highest BCUT2D eigenvalue weighted by atomic mass is 19.1. The molecule has 0 N–H and O–H groups in total. The molecule has 1 fully saturated rings. The third kappa shape index (κ3) is 3.52. The van der Waals surface area contributed by atoms with Gasteiger partial charge in [-0.3, -0.25) is 4.79 Å². The van der Waals surface area contributed by atoms with Crippen LogP contribution in [0.3, 0.4) is 0 Å². The summed E-state index contributed by atoms with van der Waals surface area (Å²) in [5.74, 6) is -0.483. The van der Waals surface area contributed by atoms with Crippen molar-refractivity contribution in [3.05, 3.63) is 58.5 Å². The fourth-order valence-corrected chi connectivity index (χ4v) is 3.84. The van der Waals surface area contributed by atoms with Crippen LogP contribution in [-0.2, 0) is 0 Å². The van der Waals surface area contributed by atoms with Crippen molar-refractivity contribution >= 4 is 5.91 Å². The zero-order chi connectivity index (χ0) is 20.7. The fraction of sp³-hybridized carbons (Fsp3) is 0.400. The Morgan fingerprint density at radius 2 is 2.03 bits per heavy atom. The Bertz CT molecular complexity index is 1080. The van der Waals surface area contributed by atoms with Crippen LogP contribution >= 0.6 is 0 Å². The van der Waals surface area contributed by atoms with E-state index in [1.54, 1.807) is 25.7 Å². The lowest BCUT2D eigenvalue weighted by atomic mass is 9.97. The zero-order valence-electron chi connectivity index (χ0n) is 16.4. The highest BCUT2D eigenvalue weighted by Crippen LogP contribution is 2.28. The molecule has 0 bridgehead atoms. The van der Waals surface area contributed by atoms with Crippen molar-refractivity contribution in [2.24, 2.45) is 0 Å². The predicted octanol–water partition coefficient (Wildman–Crippen LogP) is 3.48. The number of benzene rings is 1. The minimum atomic E-state index is -0.737. The quantitative estimate of drug-likeness (QED) is 0.672. The molecule has 152 valence electrons. The molecule has 1 aliphatic heterocycles. The van der Waals surface area contributed by atoms with Crippen molar-refractivity contribution in [2.75, 3.05) is 13.1 Å². The summed E-state index contributed by atoms with van der Waals surface area (Å²) in [6.07, 6.45) is 1.68. The number of amides is 1. The first kappa shape index (κ1) is 19.2. The Labute approximate surface area is 166 Å². The number of piperidine rings is 1. The molecular weight excluding hydrogens is 380 g/mol. The average molecular weight is 401 g/mol. The minimum absolute atomic E-state index is 0.0147. The Balaban J connectivity index is 1.63. The van der Waals surface area contributed by atoms with Crippen molar-refractivity contribution in [3.63, 3.8) is 0 Å². The molecule has 0 radical (unpaired) electrons. The molecule has 1 aromatic carbocycles.